The van der Waals surface area contributed by atoms with Crippen LogP contribution in [0.1, 0.15) is 0 Å². The number of hydrogen-bond donors (Lipinski definition) is 5. The molecular formula is C10H19N7O3. The number of ether oxygens (including phenoxy) is 1. The molecule has 1 aromatic rings. The maximum atomic E-state index is 9.07. The van der Waals surface area contributed by atoms with Crippen LogP contribution < -0.4 is 21.5 Å². The van der Waals surface area contributed by atoms with Crippen molar-refractivity contribution in [1.29, 1.82) is 0 Å². The van der Waals surface area contributed by atoms with E-state index in [2.05, 4.69) is 25.7 Å². The standard InChI is InChI=1S/C10H19N7O3/c11-16-9-13-8(12-7(5-18)6-19)14-10(15-9)17-1-3-20-4-2-17/h7,18-19H,1-6,11H2,(H2,12,13,14,15,16). The van der Waals surface area contributed by atoms with Crippen LogP contribution in [0.4, 0.5) is 17.8 Å². The molecule has 0 amide bonds. The SMILES string of the molecule is NNc1nc(NC(CO)CO)nc(N2CCOCC2)n1. The second-order valence-electron chi connectivity index (χ2n) is 4.23. The van der Waals surface area contributed by atoms with Gasteiger partial charge in [0.2, 0.25) is 17.8 Å². The van der Waals surface area contributed by atoms with Crippen molar-refractivity contribution in [3.63, 3.8) is 0 Å². The van der Waals surface area contributed by atoms with E-state index >= 15 is 0 Å². The number of nitrogens with one attached hydrogen (secondary N) is 2. The number of aliphatic hydroxyl groups is 2. The summed E-state index contributed by atoms with van der Waals surface area (Å²) in [5, 5.41) is 21.0. The third-order valence-corrected chi connectivity index (χ3v) is 2.82. The predicted octanol–water partition coefficient (Wildman–Crippen LogP) is -2.24. The average molecular weight is 285 g/mol. The summed E-state index contributed by atoms with van der Waals surface area (Å²) in [6, 6.07) is -0.541. The van der Waals surface area contributed by atoms with E-state index in [0.717, 1.165) is 0 Å². The number of rotatable bonds is 6. The molecule has 1 aliphatic heterocycles. The van der Waals surface area contributed by atoms with E-state index in [-0.39, 0.29) is 25.1 Å². The largest absolute Gasteiger partial charge is 0.394 e. The summed E-state index contributed by atoms with van der Waals surface area (Å²) in [6.07, 6.45) is 0. The van der Waals surface area contributed by atoms with E-state index in [1.165, 1.54) is 0 Å². The van der Waals surface area contributed by atoms with Gasteiger partial charge in [0.05, 0.1) is 32.5 Å². The van der Waals surface area contributed by atoms with Crippen molar-refractivity contribution in [2.75, 3.05) is 55.2 Å². The minimum Gasteiger partial charge on any atom is -0.394 e. The Bertz CT molecular complexity index is 423. The Hall–Kier alpha value is -1.75. The van der Waals surface area contributed by atoms with Crippen molar-refractivity contribution in [2.45, 2.75) is 6.04 Å². The highest BCUT2D eigenvalue weighted by molar-refractivity contribution is 5.44. The molecule has 6 N–H and O–H groups in total. The summed E-state index contributed by atoms with van der Waals surface area (Å²) in [7, 11) is 0. The number of nitrogens with two attached hydrogens (primary N) is 1. The van der Waals surface area contributed by atoms with E-state index in [1.807, 2.05) is 4.90 Å². The molecule has 0 saturated carbocycles. The van der Waals surface area contributed by atoms with Gasteiger partial charge in [0.1, 0.15) is 0 Å². The molecule has 0 spiro atoms. The second-order valence-corrected chi connectivity index (χ2v) is 4.23. The number of aliphatic hydroxyl groups excluding tert-OH is 2. The zero-order chi connectivity index (χ0) is 14.4. The van der Waals surface area contributed by atoms with Crippen LogP contribution in [-0.4, -0.2) is 70.7 Å². The second kappa shape index (κ2) is 7.14. The lowest BCUT2D eigenvalue weighted by molar-refractivity contribution is 0.122. The van der Waals surface area contributed by atoms with Gasteiger partial charge in [-0.1, -0.05) is 0 Å². The molecule has 1 aliphatic rings. The van der Waals surface area contributed by atoms with Gasteiger partial charge in [-0.25, -0.2) is 5.84 Å². The molecule has 1 saturated heterocycles. The van der Waals surface area contributed by atoms with Gasteiger partial charge in [0.25, 0.3) is 0 Å². The summed E-state index contributed by atoms with van der Waals surface area (Å²) in [5.74, 6) is 6.25. The number of morpholine rings is 1. The zero-order valence-electron chi connectivity index (χ0n) is 11.0. The quantitative estimate of drug-likeness (QED) is 0.287. The smallest absolute Gasteiger partial charge is 0.243 e. The van der Waals surface area contributed by atoms with Crippen molar-refractivity contribution >= 4 is 17.8 Å². The monoisotopic (exact) mass is 285 g/mol. The van der Waals surface area contributed by atoms with Crippen molar-refractivity contribution in [3.8, 4) is 0 Å². The number of hydrazine groups is 1. The fourth-order valence-electron chi connectivity index (χ4n) is 1.73. The number of anilines is 3. The number of hydrogen-bond acceptors (Lipinski definition) is 10. The molecule has 1 aromatic heterocycles. The molecule has 0 bridgehead atoms. The molecule has 1 fully saturated rings. The molecule has 2 rings (SSSR count). The summed E-state index contributed by atoms with van der Waals surface area (Å²) in [4.78, 5) is 14.4. The van der Waals surface area contributed by atoms with Gasteiger partial charge in [-0.05, 0) is 0 Å². The Labute approximate surface area is 116 Å². The normalized spacial score (nSPS) is 15.5. The maximum Gasteiger partial charge on any atom is 0.243 e. The minimum atomic E-state index is -0.541. The fourth-order valence-corrected chi connectivity index (χ4v) is 1.73. The van der Waals surface area contributed by atoms with Gasteiger partial charge in [0.15, 0.2) is 0 Å². The Kier molecular flexibility index (Phi) is 5.24. The van der Waals surface area contributed by atoms with Crippen LogP contribution >= 0.6 is 0 Å². The molecule has 112 valence electrons. The van der Waals surface area contributed by atoms with Crippen molar-refractivity contribution in [3.05, 3.63) is 0 Å². The molecule has 10 nitrogen and oxygen atoms in total. The lowest BCUT2D eigenvalue weighted by Gasteiger charge is -2.27. The minimum absolute atomic E-state index is 0.207. The zero-order valence-corrected chi connectivity index (χ0v) is 11.0. The van der Waals surface area contributed by atoms with Crippen molar-refractivity contribution < 1.29 is 14.9 Å². The van der Waals surface area contributed by atoms with Gasteiger partial charge in [-0.3, -0.25) is 5.43 Å². The van der Waals surface area contributed by atoms with E-state index in [4.69, 9.17) is 20.8 Å². The topological polar surface area (TPSA) is 142 Å². The highest BCUT2D eigenvalue weighted by atomic mass is 16.5. The van der Waals surface area contributed by atoms with E-state index in [9.17, 15) is 0 Å². The number of nitrogens with zero attached hydrogens (tertiary/aromatic N) is 4. The van der Waals surface area contributed by atoms with E-state index < -0.39 is 6.04 Å². The Morgan fingerprint density at radius 1 is 1.15 bits per heavy atom. The number of aromatic nitrogens is 3. The Balaban J connectivity index is 2.18. The van der Waals surface area contributed by atoms with Crippen LogP contribution in [0.5, 0.6) is 0 Å². The summed E-state index contributed by atoms with van der Waals surface area (Å²) in [5.41, 5.74) is 2.37. The highest BCUT2D eigenvalue weighted by Crippen LogP contribution is 2.14. The van der Waals surface area contributed by atoms with Gasteiger partial charge in [-0.2, -0.15) is 15.0 Å². The highest BCUT2D eigenvalue weighted by Gasteiger charge is 2.17. The summed E-state index contributed by atoms with van der Waals surface area (Å²) in [6.45, 7) is 2.10. The first-order valence-electron chi connectivity index (χ1n) is 6.30. The molecule has 10 heteroatoms. The third kappa shape index (κ3) is 3.63. The van der Waals surface area contributed by atoms with Crippen LogP contribution in [0.25, 0.3) is 0 Å². The van der Waals surface area contributed by atoms with Crippen molar-refractivity contribution in [1.82, 2.24) is 15.0 Å². The summed E-state index contributed by atoms with van der Waals surface area (Å²) >= 11 is 0. The molecule has 0 aliphatic carbocycles. The lowest BCUT2D eigenvalue weighted by atomic mass is 10.3. The first-order valence-corrected chi connectivity index (χ1v) is 6.30. The van der Waals surface area contributed by atoms with Gasteiger partial charge in [0, 0.05) is 13.1 Å². The molecule has 2 heterocycles. The first-order chi connectivity index (χ1) is 9.76. The molecule has 0 unspecified atom stereocenters. The molecular weight excluding hydrogens is 266 g/mol. The average Bonchev–Trinajstić information content (AvgIpc) is 2.53. The molecule has 0 atom stereocenters. The van der Waals surface area contributed by atoms with Gasteiger partial charge < -0.3 is 25.2 Å². The third-order valence-electron chi connectivity index (χ3n) is 2.82. The predicted molar refractivity (Wildman–Crippen MR) is 72.3 cm³/mol. The van der Waals surface area contributed by atoms with Crippen molar-refractivity contribution in [2.24, 2.45) is 5.84 Å². The van der Waals surface area contributed by atoms with E-state index in [1.54, 1.807) is 0 Å². The molecule has 0 aromatic carbocycles. The fraction of sp³-hybridized carbons (Fsp3) is 0.700. The van der Waals surface area contributed by atoms with Crippen LogP contribution in [-0.2, 0) is 4.74 Å². The lowest BCUT2D eigenvalue weighted by Crippen LogP contribution is -2.38. The first kappa shape index (κ1) is 14.7. The van der Waals surface area contributed by atoms with E-state index in [0.29, 0.717) is 32.3 Å². The molecule has 20 heavy (non-hydrogen) atoms. The Morgan fingerprint density at radius 2 is 1.80 bits per heavy atom. The molecule has 0 radical (unpaired) electrons. The van der Waals surface area contributed by atoms with Gasteiger partial charge >= 0.3 is 0 Å². The summed E-state index contributed by atoms with van der Waals surface area (Å²) < 4.78 is 5.27. The van der Waals surface area contributed by atoms with Crippen LogP contribution in [0, 0.1) is 0 Å². The van der Waals surface area contributed by atoms with Crippen LogP contribution in [0.3, 0.4) is 0 Å². The van der Waals surface area contributed by atoms with Gasteiger partial charge in [-0.15, -0.1) is 0 Å². The Morgan fingerprint density at radius 3 is 2.40 bits per heavy atom. The maximum absolute atomic E-state index is 9.07. The number of nitrogen functional groups attached to an aromatic ring is 1. The van der Waals surface area contributed by atoms with Crippen LogP contribution in [0.15, 0.2) is 0 Å². The van der Waals surface area contributed by atoms with Crippen LogP contribution in [0.2, 0.25) is 0 Å².